The van der Waals surface area contributed by atoms with E-state index in [2.05, 4.69) is 4.74 Å². The van der Waals surface area contributed by atoms with Crippen LogP contribution >= 0.6 is 0 Å². The number of cyclic esters (lactones) is 1. The average Bonchev–Trinajstić information content (AvgIpc) is 2.78. The van der Waals surface area contributed by atoms with Crippen LogP contribution in [0.5, 0.6) is 0 Å². The van der Waals surface area contributed by atoms with Crippen molar-refractivity contribution in [1.29, 1.82) is 0 Å². The minimum absolute atomic E-state index is 0.0366. The Kier molecular flexibility index (Phi) is 4.77. The molecule has 7 nitrogen and oxygen atoms in total. The first-order valence-electron chi connectivity index (χ1n) is 8.44. The van der Waals surface area contributed by atoms with Crippen molar-refractivity contribution >= 4 is 12.1 Å². The molecule has 13 heteroatoms. The van der Waals surface area contributed by atoms with Crippen LogP contribution in [0.25, 0.3) is 0 Å². The van der Waals surface area contributed by atoms with E-state index in [1.807, 2.05) is 0 Å². The fourth-order valence-electron chi connectivity index (χ4n) is 4.41. The van der Waals surface area contributed by atoms with Gasteiger partial charge in [0.25, 0.3) is 0 Å². The molecule has 28 heavy (non-hydrogen) atoms. The number of halogens is 6. The zero-order valence-electron chi connectivity index (χ0n) is 14.3. The quantitative estimate of drug-likeness (QED) is 0.680. The molecule has 4 aliphatic carbocycles. The molecule has 0 aromatic heterocycles. The van der Waals surface area contributed by atoms with Gasteiger partial charge in [-0.05, 0) is 32.1 Å². The van der Waals surface area contributed by atoms with Gasteiger partial charge in [0.15, 0.2) is 0 Å². The molecule has 0 radical (unpaired) electrons. The molecule has 3 N–H and O–H groups in total. The van der Waals surface area contributed by atoms with Gasteiger partial charge in [-0.3, -0.25) is 9.64 Å². The maximum Gasteiger partial charge on any atom is 0.522 e. The molecule has 5 aliphatic rings. The summed E-state index contributed by atoms with van der Waals surface area (Å²) in [5.41, 5.74) is 5.76. The molecule has 1 atom stereocenters. The van der Waals surface area contributed by atoms with Crippen molar-refractivity contribution in [2.45, 2.75) is 67.9 Å². The maximum atomic E-state index is 12.1. The number of hydrogen-bond donors (Lipinski definition) is 2. The van der Waals surface area contributed by atoms with Crippen LogP contribution in [0.3, 0.4) is 0 Å². The number of amides is 1. The third-order valence-corrected chi connectivity index (χ3v) is 5.65. The number of nitrogens with two attached hydrogens (primary N) is 1. The standard InChI is InChI=1S/C13H17F3N2O3.C2HF3O2/c14-13(15,16)21-8-1-7(2-8)9-3-18(10(19)20-9)12-4-11(17,5-12)6-12;3-2(4,5)1(6)7/h7-9H,1-6,17H2;(H,6,7). The second-order valence-electron chi connectivity index (χ2n) is 7.87. The first kappa shape index (κ1) is 21.0. The topological polar surface area (TPSA) is 102 Å². The summed E-state index contributed by atoms with van der Waals surface area (Å²) in [6.07, 6.45) is -8.11. The van der Waals surface area contributed by atoms with Crippen LogP contribution in [-0.2, 0) is 14.3 Å². The molecule has 4 saturated carbocycles. The Hall–Kier alpha value is -1.76. The predicted octanol–water partition coefficient (Wildman–Crippen LogP) is 2.39. The first-order chi connectivity index (χ1) is 12.6. The van der Waals surface area contributed by atoms with Crippen LogP contribution in [0.1, 0.15) is 32.1 Å². The second-order valence-corrected chi connectivity index (χ2v) is 7.87. The van der Waals surface area contributed by atoms with Crippen LogP contribution in [0.15, 0.2) is 0 Å². The predicted molar refractivity (Wildman–Crippen MR) is 77.8 cm³/mol. The lowest BCUT2D eigenvalue weighted by Crippen LogP contribution is -2.82. The fourth-order valence-corrected chi connectivity index (χ4v) is 4.41. The highest BCUT2D eigenvalue weighted by Crippen LogP contribution is 2.63. The van der Waals surface area contributed by atoms with E-state index in [0.717, 1.165) is 19.3 Å². The Balaban J connectivity index is 0.000000279. The van der Waals surface area contributed by atoms with E-state index in [-0.39, 0.29) is 29.2 Å². The summed E-state index contributed by atoms with van der Waals surface area (Å²) >= 11 is 0. The number of nitrogens with zero attached hydrogens (tertiary/aromatic N) is 1. The summed E-state index contributed by atoms with van der Waals surface area (Å²) in [6, 6.07) is 0. The molecule has 160 valence electrons. The van der Waals surface area contributed by atoms with E-state index >= 15 is 0 Å². The molecule has 0 aromatic rings. The van der Waals surface area contributed by atoms with Crippen molar-refractivity contribution in [3.8, 4) is 0 Å². The van der Waals surface area contributed by atoms with Gasteiger partial charge in [-0.25, -0.2) is 9.59 Å². The van der Waals surface area contributed by atoms with E-state index in [1.54, 1.807) is 4.90 Å². The van der Waals surface area contributed by atoms with Gasteiger partial charge in [-0.1, -0.05) is 0 Å². The highest BCUT2D eigenvalue weighted by Gasteiger charge is 2.71. The Morgan fingerprint density at radius 3 is 2.07 bits per heavy atom. The van der Waals surface area contributed by atoms with E-state index in [1.165, 1.54) is 0 Å². The number of carbonyl (C=O) groups is 2. The molecule has 5 fully saturated rings. The molecule has 1 saturated heterocycles. The zero-order chi connectivity index (χ0) is 21.1. The van der Waals surface area contributed by atoms with Gasteiger partial charge in [0, 0.05) is 11.5 Å². The highest BCUT2D eigenvalue weighted by molar-refractivity contribution is 5.73. The molecular weight excluding hydrogens is 402 g/mol. The smallest absolute Gasteiger partial charge is 0.475 e. The van der Waals surface area contributed by atoms with Crippen molar-refractivity contribution in [1.82, 2.24) is 4.90 Å². The minimum atomic E-state index is -5.08. The summed E-state index contributed by atoms with van der Waals surface area (Å²) in [4.78, 5) is 22.6. The summed E-state index contributed by atoms with van der Waals surface area (Å²) in [5.74, 6) is -2.79. The fraction of sp³-hybridized carbons (Fsp3) is 0.867. The maximum absolute atomic E-state index is 12.1. The summed E-state index contributed by atoms with van der Waals surface area (Å²) in [7, 11) is 0. The van der Waals surface area contributed by atoms with Gasteiger partial charge in [-0.2, -0.15) is 13.2 Å². The van der Waals surface area contributed by atoms with Gasteiger partial charge >= 0.3 is 24.6 Å². The molecule has 0 spiro atoms. The van der Waals surface area contributed by atoms with Crippen molar-refractivity contribution in [3.63, 3.8) is 0 Å². The molecule has 1 unspecified atom stereocenters. The van der Waals surface area contributed by atoms with Gasteiger partial charge in [-0.15, -0.1) is 13.2 Å². The van der Waals surface area contributed by atoms with Gasteiger partial charge < -0.3 is 15.6 Å². The number of ether oxygens (including phenoxy) is 2. The van der Waals surface area contributed by atoms with E-state index in [4.69, 9.17) is 20.4 Å². The number of carboxylic acid groups (broad SMARTS) is 1. The molecule has 2 bridgehead atoms. The first-order valence-corrected chi connectivity index (χ1v) is 8.44. The zero-order valence-corrected chi connectivity index (χ0v) is 14.3. The number of alkyl halides is 6. The van der Waals surface area contributed by atoms with Crippen molar-refractivity contribution in [3.05, 3.63) is 0 Å². The summed E-state index contributed by atoms with van der Waals surface area (Å²) in [5, 5.41) is 7.12. The monoisotopic (exact) mass is 420 g/mol. The lowest BCUT2D eigenvalue weighted by molar-refractivity contribution is -0.355. The third kappa shape index (κ3) is 4.00. The van der Waals surface area contributed by atoms with Crippen molar-refractivity contribution in [2.75, 3.05) is 6.54 Å². The third-order valence-electron chi connectivity index (χ3n) is 5.65. The highest BCUT2D eigenvalue weighted by atomic mass is 19.4. The lowest BCUT2D eigenvalue weighted by atomic mass is 9.44. The molecule has 1 aliphatic heterocycles. The van der Waals surface area contributed by atoms with Crippen LogP contribution < -0.4 is 5.73 Å². The van der Waals surface area contributed by atoms with Crippen LogP contribution in [-0.4, -0.2) is 64.4 Å². The Labute approximate surface area is 154 Å². The SMILES string of the molecule is NC12CC(N3CC(C4CC(OC(F)(F)F)C4)OC3=O)(C1)C2.O=C(O)C(F)(F)F. The average molecular weight is 420 g/mol. The number of aliphatic carboxylic acids is 1. The number of carbonyl (C=O) groups excluding carboxylic acids is 1. The minimum Gasteiger partial charge on any atom is -0.475 e. The van der Waals surface area contributed by atoms with Crippen LogP contribution in [0.2, 0.25) is 0 Å². The van der Waals surface area contributed by atoms with E-state index in [9.17, 15) is 31.1 Å². The van der Waals surface area contributed by atoms with Crippen molar-refractivity contribution in [2.24, 2.45) is 11.7 Å². The van der Waals surface area contributed by atoms with Gasteiger partial charge in [0.05, 0.1) is 18.2 Å². The molecule has 0 aromatic carbocycles. The molecule has 1 amide bonds. The Bertz CT molecular complexity index is 641. The lowest BCUT2D eigenvalue weighted by Gasteiger charge is -2.71. The van der Waals surface area contributed by atoms with Crippen LogP contribution in [0, 0.1) is 5.92 Å². The number of rotatable bonds is 3. The summed E-state index contributed by atoms with van der Waals surface area (Å²) in [6.45, 7) is 0.471. The van der Waals surface area contributed by atoms with Gasteiger partial charge in [0.2, 0.25) is 0 Å². The molecule has 5 rings (SSSR count). The summed E-state index contributed by atoms with van der Waals surface area (Å²) < 4.78 is 77.3. The van der Waals surface area contributed by atoms with Gasteiger partial charge in [0.1, 0.15) is 6.10 Å². The van der Waals surface area contributed by atoms with E-state index in [0.29, 0.717) is 19.4 Å². The normalized spacial score (nSPS) is 39.0. The number of hydrogen-bond acceptors (Lipinski definition) is 5. The second kappa shape index (κ2) is 6.37. The van der Waals surface area contributed by atoms with Crippen molar-refractivity contribution < 1.29 is 50.5 Å². The number of carboxylic acids is 1. The molecule has 1 heterocycles. The molecular formula is C15H18F6N2O5. The van der Waals surface area contributed by atoms with E-state index < -0.39 is 24.6 Å². The largest absolute Gasteiger partial charge is 0.522 e. The Morgan fingerprint density at radius 1 is 1.18 bits per heavy atom. The van der Waals surface area contributed by atoms with Crippen LogP contribution in [0.4, 0.5) is 31.1 Å². The Morgan fingerprint density at radius 2 is 1.68 bits per heavy atom.